The van der Waals surface area contributed by atoms with Crippen molar-refractivity contribution in [1.82, 2.24) is 5.43 Å². The van der Waals surface area contributed by atoms with Gasteiger partial charge in [-0.2, -0.15) is 5.10 Å². The summed E-state index contributed by atoms with van der Waals surface area (Å²) in [7, 11) is 1.46. The number of hydrogen-bond donors (Lipinski definition) is 2. The van der Waals surface area contributed by atoms with E-state index >= 15 is 0 Å². The van der Waals surface area contributed by atoms with E-state index in [0.29, 0.717) is 17.1 Å². The molecule has 6 heteroatoms. The highest BCUT2D eigenvalue weighted by Crippen LogP contribution is 2.25. The van der Waals surface area contributed by atoms with Gasteiger partial charge in [-0.05, 0) is 48.4 Å². The van der Waals surface area contributed by atoms with E-state index in [1.54, 1.807) is 18.2 Å². The van der Waals surface area contributed by atoms with Gasteiger partial charge >= 0.3 is 0 Å². The summed E-state index contributed by atoms with van der Waals surface area (Å²) in [4.78, 5) is 11.7. The Morgan fingerprint density at radius 2 is 2.13 bits per heavy atom. The first-order valence-corrected chi connectivity index (χ1v) is 6.97. The molecule has 0 heterocycles. The summed E-state index contributed by atoms with van der Waals surface area (Å²) >= 11 is 0. The molecule has 0 bridgehead atoms. The zero-order chi connectivity index (χ0) is 16.7. The quantitative estimate of drug-likeness (QED) is 0.633. The molecule has 0 unspecified atom stereocenters. The molecule has 0 aromatic heterocycles. The average Bonchev–Trinajstić information content (AvgIpc) is 2.54. The fraction of sp³-hybridized carbons (Fsp3) is 0.176. The highest BCUT2D eigenvalue weighted by Gasteiger charge is 2.03. The van der Waals surface area contributed by atoms with Crippen LogP contribution in [0.3, 0.4) is 0 Å². The van der Waals surface area contributed by atoms with Crippen LogP contribution < -0.4 is 14.9 Å². The maximum atomic E-state index is 11.7. The zero-order valence-electron chi connectivity index (χ0n) is 12.9. The molecule has 2 aromatic carbocycles. The standard InChI is InChI=1S/C17H18N2O4/c1-12-4-3-5-14(8-12)23-11-17(21)19-18-10-13-6-7-15(20)16(9-13)22-2/h3-10,20H,11H2,1-2H3,(H,19,21)/b18-10-. The number of methoxy groups -OCH3 is 1. The lowest BCUT2D eigenvalue weighted by molar-refractivity contribution is -0.123. The van der Waals surface area contributed by atoms with Crippen LogP contribution in [0.4, 0.5) is 0 Å². The van der Waals surface area contributed by atoms with Crippen LogP contribution in [0.15, 0.2) is 47.6 Å². The molecule has 0 saturated heterocycles. The number of hydrazone groups is 1. The van der Waals surface area contributed by atoms with Gasteiger partial charge in [0, 0.05) is 0 Å². The fourth-order valence-electron chi connectivity index (χ4n) is 1.84. The third kappa shape index (κ3) is 5.03. The molecule has 120 valence electrons. The van der Waals surface area contributed by atoms with Crippen molar-refractivity contribution in [3.63, 3.8) is 0 Å². The monoisotopic (exact) mass is 314 g/mol. The Labute approximate surface area is 134 Å². The number of amides is 1. The first-order chi connectivity index (χ1) is 11.1. The Kier molecular flexibility index (Phi) is 5.57. The number of hydrogen-bond acceptors (Lipinski definition) is 5. The van der Waals surface area contributed by atoms with E-state index in [2.05, 4.69) is 10.5 Å². The summed E-state index contributed by atoms with van der Waals surface area (Å²) in [6.07, 6.45) is 1.45. The second-order valence-electron chi connectivity index (χ2n) is 4.83. The molecule has 23 heavy (non-hydrogen) atoms. The zero-order valence-corrected chi connectivity index (χ0v) is 12.9. The number of ether oxygens (including phenoxy) is 2. The summed E-state index contributed by atoms with van der Waals surface area (Å²) < 4.78 is 10.4. The molecule has 0 atom stereocenters. The lowest BCUT2D eigenvalue weighted by atomic mass is 10.2. The Morgan fingerprint density at radius 1 is 1.30 bits per heavy atom. The number of nitrogens with one attached hydrogen (secondary N) is 1. The van der Waals surface area contributed by atoms with Crippen LogP contribution in [-0.4, -0.2) is 30.9 Å². The van der Waals surface area contributed by atoms with E-state index < -0.39 is 0 Å². The highest BCUT2D eigenvalue weighted by atomic mass is 16.5. The molecule has 0 aliphatic rings. The number of rotatable bonds is 6. The van der Waals surface area contributed by atoms with Crippen molar-refractivity contribution in [2.75, 3.05) is 13.7 Å². The van der Waals surface area contributed by atoms with Crippen molar-refractivity contribution >= 4 is 12.1 Å². The van der Waals surface area contributed by atoms with Gasteiger partial charge in [0.25, 0.3) is 5.91 Å². The topological polar surface area (TPSA) is 80.2 Å². The van der Waals surface area contributed by atoms with Gasteiger partial charge in [-0.25, -0.2) is 5.43 Å². The molecule has 6 nitrogen and oxygen atoms in total. The van der Waals surface area contributed by atoms with E-state index in [-0.39, 0.29) is 18.3 Å². The van der Waals surface area contributed by atoms with Crippen LogP contribution in [0.2, 0.25) is 0 Å². The first-order valence-electron chi connectivity index (χ1n) is 6.97. The van der Waals surface area contributed by atoms with Crippen LogP contribution in [0.1, 0.15) is 11.1 Å². The van der Waals surface area contributed by atoms with E-state index in [1.165, 1.54) is 19.4 Å². The maximum Gasteiger partial charge on any atom is 0.277 e. The Balaban J connectivity index is 1.84. The van der Waals surface area contributed by atoms with Crippen molar-refractivity contribution in [2.24, 2.45) is 5.10 Å². The van der Waals surface area contributed by atoms with Gasteiger partial charge in [-0.15, -0.1) is 0 Å². The Bertz CT molecular complexity index is 713. The molecule has 2 N–H and O–H groups in total. The number of phenolic OH excluding ortho intramolecular Hbond substituents is 1. The number of aryl methyl sites for hydroxylation is 1. The van der Waals surface area contributed by atoms with Gasteiger partial charge in [-0.1, -0.05) is 12.1 Å². The molecule has 0 saturated carbocycles. The Morgan fingerprint density at radius 3 is 2.87 bits per heavy atom. The number of benzene rings is 2. The second-order valence-corrected chi connectivity index (χ2v) is 4.83. The van der Waals surface area contributed by atoms with Gasteiger partial charge in [0.1, 0.15) is 5.75 Å². The number of carbonyl (C=O) groups excluding carboxylic acids is 1. The van der Waals surface area contributed by atoms with E-state index in [9.17, 15) is 9.90 Å². The van der Waals surface area contributed by atoms with Gasteiger partial charge in [0.05, 0.1) is 13.3 Å². The van der Waals surface area contributed by atoms with Gasteiger partial charge in [0.2, 0.25) is 0 Å². The Hall–Kier alpha value is -3.02. The molecule has 0 radical (unpaired) electrons. The SMILES string of the molecule is COc1cc(/C=N\NC(=O)COc2cccc(C)c2)ccc1O. The molecule has 1 amide bonds. The number of carbonyl (C=O) groups is 1. The van der Waals surface area contributed by atoms with E-state index in [1.807, 2.05) is 25.1 Å². The number of nitrogens with zero attached hydrogens (tertiary/aromatic N) is 1. The molecule has 0 fully saturated rings. The van der Waals surface area contributed by atoms with Crippen LogP contribution in [0.5, 0.6) is 17.2 Å². The lowest BCUT2D eigenvalue weighted by Crippen LogP contribution is -2.24. The van der Waals surface area contributed by atoms with Crippen molar-refractivity contribution < 1.29 is 19.4 Å². The molecule has 2 aromatic rings. The summed E-state index contributed by atoms with van der Waals surface area (Å²) in [6, 6.07) is 12.2. The van der Waals surface area contributed by atoms with Crippen LogP contribution in [0.25, 0.3) is 0 Å². The molecular formula is C17H18N2O4. The summed E-state index contributed by atoms with van der Waals surface area (Å²) in [5.74, 6) is 0.643. The fourth-order valence-corrected chi connectivity index (χ4v) is 1.84. The molecular weight excluding hydrogens is 296 g/mol. The van der Waals surface area contributed by atoms with Crippen LogP contribution >= 0.6 is 0 Å². The maximum absolute atomic E-state index is 11.7. The molecule has 2 rings (SSSR count). The molecule has 0 aliphatic carbocycles. The van der Waals surface area contributed by atoms with Crippen LogP contribution in [-0.2, 0) is 4.79 Å². The second kappa shape index (κ2) is 7.84. The lowest BCUT2D eigenvalue weighted by Gasteiger charge is -2.05. The smallest absolute Gasteiger partial charge is 0.277 e. The molecule has 0 spiro atoms. The van der Waals surface area contributed by atoms with Gasteiger partial charge in [0.15, 0.2) is 18.1 Å². The minimum Gasteiger partial charge on any atom is -0.504 e. The number of phenols is 1. The predicted molar refractivity (Wildman–Crippen MR) is 87.1 cm³/mol. The van der Waals surface area contributed by atoms with E-state index in [4.69, 9.17) is 9.47 Å². The van der Waals surface area contributed by atoms with Crippen molar-refractivity contribution in [1.29, 1.82) is 0 Å². The molecule has 0 aliphatic heterocycles. The highest BCUT2D eigenvalue weighted by molar-refractivity contribution is 5.83. The number of aromatic hydroxyl groups is 1. The van der Waals surface area contributed by atoms with Gasteiger partial charge < -0.3 is 14.6 Å². The normalized spacial score (nSPS) is 10.5. The third-order valence-electron chi connectivity index (χ3n) is 2.97. The summed E-state index contributed by atoms with van der Waals surface area (Å²) in [5, 5.41) is 13.3. The van der Waals surface area contributed by atoms with Crippen molar-refractivity contribution in [2.45, 2.75) is 6.92 Å². The minimum absolute atomic E-state index is 0.0419. The first kappa shape index (κ1) is 16.4. The largest absolute Gasteiger partial charge is 0.504 e. The minimum atomic E-state index is -0.367. The van der Waals surface area contributed by atoms with Crippen molar-refractivity contribution in [3.8, 4) is 17.2 Å². The van der Waals surface area contributed by atoms with Gasteiger partial charge in [-0.3, -0.25) is 4.79 Å². The summed E-state index contributed by atoms with van der Waals surface area (Å²) in [6.45, 7) is 1.82. The van der Waals surface area contributed by atoms with E-state index in [0.717, 1.165) is 5.56 Å². The average molecular weight is 314 g/mol. The predicted octanol–water partition coefficient (Wildman–Crippen LogP) is 2.24. The third-order valence-corrected chi connectivity index (χ3v) is 2.97. The van der Waals surface area contributed by atoms with Crippen molar-refractivity contribution in [3.05, 3.63) is 53.6 Å². The van der Waals surface area contributed by atoms with Crippen LogP contribution in [0, 0.1) is 6.92 Å². The summed E-state index contributed by atoms with van der Waals surface area (Å²) in [5.41, 5.74) is 4.11.